The Morgan fingerprint density at radius 1 is 1.53 bits per heavy atom. The van der Waals surface area contributed by atoms with Crippen molar-refractivity contribution in [3.05, 3.63) is 45.1 Å². The molecule has 2 rings (SSSR count). The first-order valence-corrected chi connectivity index (χ1v) is 5.95. The Kier molecular flexibility index (Phi) is 3.22. The second kappa shape index (κ2) is 4.50. The van der Waals surface area contributed by atoms with Crippen LogP contribution in [0.25, 0.3) is 0 Å². The molecule has 0 radical (unpaired) electrons. The van der Waals surface area contributed by atoms with Gasteiger partial charge in [-0.05, 0) is 34.1 Å². The fourth-order valence-electron chi connectivity index (χ4n) is 1.47. The number of nitrogens with two attached hydrogens (primary N) is 1. The molecule has 0 atom stereocenters. The highest BCUT2D eigenvalue weighted by Gasteiger charge is 2.17. The first-order chi connectivity index (χ1) is 8.00. The summed E-state index contributed by atoms with van der Waals surface area (Å²) in [7, 11) is 1.71. The van der Waals surface area contributed by atoms with E-state index in [0.29, 0.717) is 26.4 Å². The third kappa shape index (κ3) is 2.21. The lowest BCUT2D eigenvalue weighted by Crippen LogP contribution is -2.09. The SMILES string of the molecule is Cn1ncc(Br)c1C(=O)c1ccc(N)c(Cl)c1. The minimum absolute atomic E-state index is 0.154. The third-order valence-corrected chi connectivity index (χ3v) is 3.28. The van der Waals surface area contributed by atoms with Gasteiger partial charge in [-0.25, -0.2) is 0 Å². The molecule has 17 heavy (non-hydrogen) atoms. The summed E-state index contributed by atoms with van der Waals surface area (Å²) in [4.78, 5) is 12.2. The third-order valence-electron chi connectivity index (χ3n) is 2.37. The van der Waals surface area contributed by atoms with Gasteiger partial charge in [0.05, 0.1) is 21.4 Å². The van der Waals surface area contributed by atoms with Gasteiger partial charge in [0.2, 0.25) is 5.78 Å². The molecule has 2 N–H and O–H groups in total. The van der Waals surface area contributed by atoms with Crippen LogP contribution < -0.4 is 5.73 Å². The topological polar surface area (TPSA) is 60.9 Å². The number of aromatic nitrogens is 2. The molecule has 0 spiro atoms. The molecule has 0 saturated carbocycles. The second-order valence-electron chi connectivity index (χ2n) is 3.53. The van der Waals surface area contributed by atoms with E-state index >= 15 is 0 Å². The highest BCUT2D eigenvalue weighted by molar-refractivity contribution is 9.10. The lowest BCUT2D eigenvalue weighted by molar-refractivity contribution is 0.102. The van der Waals surface area contributed by atoms with E-state index in [-0.39, 0.29) is 5.78 Å². The van der Waals surface area contributed by atoms with Gasteiger partial charge in [-0.3, -0.25) is 9.48 Å². The minimum Gasteiger partial charge on any atom is -0.398 e. The Hall–Kier alpha value is -1.33. The number of rotatable bonds is 2. The molecule has 6 heteroatoms. The van der Waals surface area contributed by atoms with E-state index in [1.54, 1.807) is 31.4 Å². The van der Waals surface area contributed by atoms with Crippen molar-refractivity contribution in [3.63, 3.8) is 0 Å². The fraction of sp³-hybridized carbons (Fsp3) is 0.0909. The molecule has 2 aromatic rings. The van der Waals surface area contributed by atoms with Crippen molar-refractivity contribution in [2.75, 3.05) is 5.73 Å². The number of halogens is 2. The van der Waals surface area contributed by atoms with E-state index in [2.05, 4.69) is 21.0 Å². The van der Waals surface area contributed by atoms with E-state index in [1.807, 2.05) is 0 Å². The predicted molar refractivity (Wildman–Crippen MR) is 70.2 cm³/mol. The minimum atomic E-state index is -0.154. The summed E-state index contributed by atoms with van der Waals surface area (Å²) >= 11 is 9.17. The van der Waals surface area contributed by atoms with Gasteiger partial charge in [0.1, 0.15) is 5.69 Å². The van der Waals surface area contributed by atoms with E-state index in [0.717, 1.165) is 0 Å². The van der Waals surface area contributed by atoms with Crippen LogP contribution in [-0.2, 0) is 7.05 Å². The fourth-order valence-corrected chi connectivity index (χ4v) is 2.18. The molecule has 0 saturated heterocycles. The zero-order valence-electron chi connectivity index (χ0n) is 8.95. The molecule has 0 bridgehead atoms. The zero-order chi connectivity index (χ0) is 12.6. The van der Waals surface area contributed by atoms with Gasteiger partial charge in [-0.1, -0.05) is 11.6 Å². The Morgan fingerprint density at radius 3 is 2.76 bits per heavy atom. The monoisotopic (exact) mass is 313 g/mol. The summed E-state index contributed by atoms with van der Waals surface area (Å²) in [5.74, 6) is -0.154. The van der Waals surface area contributed by atoms with Crippen LogP contribution in [0.2, 0.25) is 5.02 Å². The van der Waals surface area contributed by atoms with Crippen LogP contribution in [-0.4, -0.2) is 15.6 Å². The van der Waals surface area contributed by atoms with E-state index in [9.17, 15) is 4.79 Å². The number of aryl methyl sites for hydroxylation is 1. The molecule has 1 heterocycles. The lowest BCUT2D eigenvalue weighted by Gasteiger charge is -2.04. The van der Waals surface area contributed by atoms with E-state index in [1.165, 1.54) is 4.68 Å². The largest absolute Gasteiger partial charge is 0.398 e. The number of anilines is 1. The van der Waals surface area contributed by atoms with Crippen molar-refractivity contribution in [2.45, 2.75) is 0 Å². The van der Waals surface area contributed by atoms with Crippen LogP contribution in [0.15, 0.2) is 28.9 Å². The second-order valence-corrected chi connectivity index (χ2v) is 4.79. The summed E-state index contributed by atoms with van der Waals surface area (Å²) in [6.45, 7) is 0. The number of benzene rings is 1. The van der Waals surface area contributed by atoms with Crippen LogP contribution in [0.3, 0.4) is 0 Å². The molecule has 0 amide bonds. The van der Waals surface area contributed by atoms with Crippen LogP contribution in [0.1, 0.15) is 16.1 Å². The van der Waals surface area contributed by atoms with Gasteiger partial charge >= 0.3 is 0 Å². The average Bonchev–Trinajstić information content (AvgIpc) is 2.62. The van der Waals surface area contributed by atoms with Crippen molar-refractivity contribution in [1.29, 1.82) is 0 Å². The van der Waals surface area contributed by atoms with E-state index < -0.39 is 0 Å². The van der Waals surface area contributed by atoms with E-state index in [4.69, 9.17) is 17.3 Å². The summed E-state index contributed by atoms with van der Waals surface area (Å²) in [6.07, 6.45) is 1.58. The maximum Gasteiger partial charge on any atom is 0.212 e. The van der Waals surface area contributed by atoms with Gasteiger partial charge in [0.15, 0.2) is 0 Å². The number of hydrogen-bond donors (Lipinski definition) is 1. The zero-order valence-corrected chi connectivity index (χ0v) is 11.3. The molecular weight excluding hydrogens is 305 g/mol. The van der Waals surface area contributed by atoms with Crippen LogP contribution >= 0.6 is 27.5 Å². The number of nitrogens with zero attached hydrogens (tertiary/aromatic N) is 2. The lowest BCUT2D eigenvalue weighted by atomic mass is 10.1. The molecule has 0 aliphatic heterocycles. The van der Waals surface area contributed by atoms with Gasteiger partial charge in [-0.15, -0.1) is 0 Å². The standard InChI is InChI=1S/C11H9BrClN3O/c1-16-10(7(12)5-15-16)11(17)6-2-3-9(14)8(13)4-6/h2-5H,14H2,1H3. The molecule has 4 nitrogen and oxygen atoms in total. The molecule has 0 unspecified atom stereocenters. The van der Waals surface area contributed by atoms with Gasteiger partial charge in [0, 0.05) is 12.6 Å². The van der Waals surface area contributed by atoms with Gasteiger partial charge < -0.3 is 5.73 Å². The Bertz CT molecular complexity index is 575. The average molecular weight is 315 g/mol. The summed E-state index contributed by atoms with van der Waals surface area (Å²) in [6, 6.07) is 4.81. The first-order valence-electron chi connectivity index (χ1n) is 4.78. The smallest absolute Gasteiger partial charge is 0.212 e. The molecule has 0 aliphatic rings. The Morgan fingerprint density at radius 2 is 2.24 bits per heavy atom. The van der Waals surface area contributed by atoms with Crippen molar-refractivity contribution in [3.8, 4) is 0 Å². The quantitative estimate of drug-likeness (QED) is 0.685. The maximum atomic E-state index is 12.2. The first kappa shape index (κ1) is 12.1. The van der Waals surface area contributed by atoms with Crippen molar-refractivity contribution < 1.29 is 4.79 Å². The van der Waals surface area contributed by atoms with Crippen molar-refractivity contribution >= 4 is 39.0 Å². The van der Waals surface area contributed by atoms with Gasteiger partial charge in [-0.2, -0.15) is 5.10 Å². The normalized spacial score (nSPS) is 10.5. The number of carbonyl (C=O) groups excluding carboxylic acids is 1. The number of nitrogen functional groups attached to an aromatic ring is 1. The predicted octanol–water partition coefficient (Wildman–Crippen LogP) is 2.65. The highest BCUT2D eigenvalue weighted by Crippen LogP contribution is 2.24. The maximum absolute atomic E-state index is 12.2. The van der Waals surface area contributed by atoms with Crippen LogP contribution in [0.4, 0.5) is 5.69 Å². The Balaban J connectivity index is 2.48. The summed E-state index contributed by atoms with van der Waals surface area (Å²) < 4.78 is 2.16. The Labute approximate surface area is 111 Å². The van der Waals surface area contributed by atoms with Crippen molar-refractivity contribution in [2.24, 2.45) is 7.05 Å². The number of hydrogen-bond acceptors (Lipinski definition) is 3. The molecule has 1 aromatic carbocycles. The summed E-state index contributed by atoms with van der Waals surface area (Å²) in [5.41, 5.74) is 7.01. The molecule has 0 fully saturated rings. The van der Waals surface area contributed by atoms with Crippen LogP contribution in [0, 0.1) is 0 Å². The number of carbonyl (C=O) groups is 1. The van der Waals surface area contributed by atoms with Crippen molar-refractivity contribution in [1.82, 2.24) is 9.78 Å². The van der Waals surface area contributed by atoms with Crippen LogP contribution in [0.5, 0.6) is 0 Å². The number of ketones is 1. The molecular formula is C11H9BrClN3O. The highest BCUT2D eigenvalue weighted by atomic mass is 79.9. The molecule has 0 aliphatic carbocycles. The van der Waals surface area contributed by atoms with Gasteiger partial charge in [0.25, 0.3) is 0 Å². The summed E-state index contributed by atoms with van der Waals surface area (Å²) in [5, 5.41) is 4.36. The molecule has 88 valence electrons. The molecule has 1 aromatic heterocycles.